The number of pyridine rings is 1. The summed E-state index contributed by atoms with van der Waals surface area (Å²) < 4.78 is 6.95. The van der Waals surface area contributed by atoms with Gasteiger partial charge in [-0.25, -0.2) is 0 Å². The van der Waals surface area contributed by atoms with Crippen molar-refractivity contribution in [1.82, 2.24) is 25.1 Å². The molecule has 7 nitrogen and oxygen atoms in total. The molecule has 0 saturated carbocycles. The number of rotatable bonds is 9. The topological polar surface area (TPSA) is 81.9 Å². The SMILES string of the molecule is CCCn1c(SCC(=O)NCCOC)nnc1-c1ccncc1. The zero-order valence-corrected chi connectivity index (χ0v) is 14.2. The maximum atomic E-state index is 11.8. The van der Waals surface area contributed by atoms with Crippen LogP contribution in [0.15, 0.2) is 29.7 Å². The minimum absolute atomic E-state index is 0.0384. The number of hydrogen-bond donors (Lipinski definition) is 1. The van der Waals surface area contributed by atoms with Crippen molar-refractivity contribution >= 4 is 17.7 Å². The maximum Gasteiger partial charge on any atom is 0.230 e. The second-order valence-corrected chi connectivity index (χ2v) is 5.77. The van der Waals surface area contributed by atoms with Gasteiger partial charge in [0.1, 0.15) is 0 Å². The van der Waals surface area contributed by atoms with E-state index in [1.54, 1.807) is 19.5 Å². The molecule has 0 spiro atoms. The third-order valence-electron chi connectivity index (χ3n) is 3.06. The zero-order chi connectivity index (χ0) is 16.5. The van der Waals surface area contributed by atoms with Crippen LogP contribution in [0.4, 0.5) is 0 Å². The molecular formula is C15H21N5O2S. The number of thioether (sulfide) groups is 1. The van der Waals surface area contributed by atoms with Crippen molar-refractivity contribution in [3.8, 4) is 11.4 Å². The Morgan fingerprint density at radius 3 is 2.83 bits per heavy atom. The number of nitrogens with one attached hydrogen (secondary N) is 1. The highest BCUT2D eigenvalue weighted by Crippen LogP contribution is 2.23. The highest BCUT2D eigenvalue weighted by atomic mass is 32.2. The summed E-state index contributed by atoms with van der Waals surface area (Å²) in [5.74, 6) is 1.07. The summed E-state index contributed by atoms with van der Waals surface area (Å²) in [6, 6.07) is 3.81. The Balaban J connectivity index is 2.04. The number of ether oxygens (including phenoxy) is 1. The third-order valence-corrected chi connectivity index (χ3v) is 4.03. The first kappa shape index (κ1) is 17.4. The summed E-state index contributed by atoms with van der Waals surface area (Å²) in [5.41, 5.74) is 0.970. The van der Waals surface area contributed by atoms with Crippen LogP contribution in [0.25, 0.3) is 11.4 Å². The highest BCUT2D eigenvalue weighted by molar-refractivity contribution is 7.99. The van der Waals surface area contributed by atoms with Crippen LogP contribution in [0.2, 0.25) is 0 Å². The quantitative estimate of drug-likeness (QED) is 0.554. The standard InChI is InChI=1S/C15H21N5O2S/c1-3-9-20-14(12-4-6-16-7-5-12)18-19-15(20)23-11-13(21)17-8-10-22-2/h4-7H,3,8-11H2,1-2H3,(H,17,21). The average molecular weight is 335 g/mol. The van der Waals surface area contributed by atoms with Crippen LogP contribution in [0.3, 0.4) is 0 Å². The van der Waals surface area contributed by atoms with E-state index in [-0.39, 0.29) is 5.91 Å². The van der Waals surface area contributed by atoms with Gasteiger partial charge >= 0.3 is 0 Å². The normalized spacial score (nSPS) is 10.7. The number of hydrogen-bond acceptors (Lipinski definition) is 6. The monoisotopic (exact) mass is 335 g/mol. The van der Waals surface area contributed by atoms with Gasteiger partial charge in [-0.1, -0.05) is 18.7 Å². The predicted molar refractivity (Wildman–Crippen MR) is 89.2 cm³/mol. The molecule has 1 N–H and O–H groups in total. The Kier molecular flexibility index (Phi) is 7.02. The number of amides is 1. The Morgan fingerprint density at radius 1 is 1.35 bits per heavy atom. The maximum absolute atomic E-state index is 11.8. The smallest absolute Gasteiger partial charge is 0.230 e. The predicted octanol–water partition coefficient (Wildman–Crippen LogP) is 1.60. The lowest BCUT2D eigenvalue weighted by Gasteiger charge is -2.09. The van der Waals surface area contributed by atoms with Gasteiger partial charge in [0, 0.05) is 38.2 Å². The van der Waals surface area contributed by atoms with Crippen LogP contribution in [-0.4, -0.2) is 51.7 Å². The van der Waals surface area contributed by atoms with Crippen LogP contribution < -0.4 is 5.32 Å². The summed E-state index contributed by atoms with van der Waals surface area (Å²) in [5, 5.41) is 12.0. The summed E-state index contributed by atoms with van der Waals surface area (Å²) in [6.45, 7) is 3.93. The number of aromatic nitrogens is 4. The molecule has 0 aliphatic heterocycles. The van der Waals surface area contributed by atoms with E-state index in [4.69, 9.17) is 4.74 Å². The fourth-order valence-electron chi connectivity index (χ4n) is 2.01. The minimum atomic E-state index is -0.0384. The lowest BCUT2D eigenvalue weighted by atomic mass is 10.2. The van der Waals surface area contributed by atoms with Crippen LogP contribution in [-0.2, 0) is 16.1 Å². The van der Waals surface area contributed by atoms with E-state index >= 15 is 0 Å². The molecule has 0 saturated heterocycles. The Bertz CT molecular complexity index is 618. The second-order valence-electron chi connectivity index (χ2n) is 4.83. The molecule has 2 heterocycles. The molecule has 1 amide bonds. The minimum Gasteiger partial charge on any atom is -0.383 e. The number of nitrogens with zero attached hydrogens (tertiary/aromatic N) is 4. The molecule has 23 heavy (non-hydrogen) atoms. The van der Waals surface area contributed by atoms with E-state index in [1.165, 1.54) is 11.8 Å². The largest absolute Gasteiger partial charge is 0.383 e. The van der Waals surface area contributed by atoms with Crippen LogP contribution in [0.1, 0.15) is 13.3 Å². The number of methoxy groups -OCH3 is 1. The summed E-state index contributed by atoms with van der Waals surface area (Å²) in [7, 11) is 1.61. The molecular weight excluding hydrogens is 314 g/mol. The number of carbonyl (C=O) groups excluding carboxylic acids is 1. The molecule has 0 aromatic carbocycles. The first-order valence-corrected chi connectivity index (χ1v) is 8.46. The van der Waals surface area contributed by atoms with Crippen LogP contribution in [0, 0.1) is 0 Å². The van der Waals surface area contributed by atoms with Crippen molar-refractivity contribution in [3.63, 3.8) is 0 Å². The molecule has 0 fully saturated rings. The molecule has 2 aromatic heterocycles. The Morgan fingerprint density at radius 2 is 2.13 bits per heavy atom. The van der Waals surface area contributed by atoms with Gasteiger partial charge in [-0.3, -0.25) is 9.78 Å². The summed E-state index contributed by atoms with van der Waals surface area (Å²) in [6.07, 6.45) is 4.43. The molecule has 124 valence electrons. The highest BCUT2D eigenvalue weighted by Gasteiger charge is 2.14. The molecule has 8 heteroatoms. The number of carbonyl (C=O) groups is 1. The van der Waals surface area contributed by atoms with Crippen molar-refractivity contribution in [3.05, 3.63) is 24.5 Å². The lowest BCUT2D eigenvalue weighted by Crippen LogP contribution is -2.28. The first-order chi connectivity index (χ1) is 11.3. The van der Waals surface area contributed by atoms with E-state index < -0.39 is 0 Å². The van der Waals surface area contributed by atoms with Gasteiger partial charge < -0.3 is 14.6 Å². The molecule has 0 unspecified atom stereocenters. The van der Waals surface area contributed by atoms with Gasteiger partial charge in [-0.05, 0) is 18.6 Å². The summed E-state index contributed by atoms with van der Waals surface area (Å²) in [4.78, 5) is 15.8. The van der Waals surface area contributed by atoms with Gasteiger partial charge in [0.15, 0.2) is 11.0 Å². The van der Waals surface area contributed by atoms with Gasteiger partial charge in [0.25, 0.3) is 0 Å². The van der Waals surface area contributed by atoms with Crippen molar-refractivity contribution < 1.29 is 9.53 Å². The fourth-order valence-corrected chi connectivity index (χ4v) is 2.80. The zero-order valence-electron chi connectivity index (χ0n) is 13.4. The molecule has 2 rings (SSSR count). The molecule has 0 aliphatic carbocycles. The second kappa shape index (κ2) is 9.26. The Labute approximate surface area is 139 Å². The van der Waals surface area contributed by atoms with Crippen LogP contribution in [0.5, 0.6) is 0 Å². The molecule has 0 atom stereocenters. The van der Waals surface area contributed by atoms with Crippen molar-refractivity contribution in [2.75, 3.05) is 26.0 Å². The van der Waals surface area contributed by atoms with E-state index in [0.717, 1.165) is 29.5 Å². The summed E-state index contributed by atoms with van der Waals surface area (Å²) >= 11 is 1.39. The third kappa shape index (κ3) is 5.04. The van der Waals surface area contributed by atoms with E-state index in [9.17, 15) is 4.79 Å². The Hall–Kier alpha value is -1.93. The molecule has 0 radical (unpaired) electrons. The first-order valence-electron chi connectivity index (χ1n) is 7.48. The lowest BCUT2D eigenvalue weighted by molar-refractivity contribution is -0.118. The van der Waals surface area contributed by atoms with Crippen molar-refractivity contribution in [1.29, 1.82) is 0 Å². The molecule has 0 aliphatic rings. The van der Waals surface area contributed by atoms with Gasteiger partial charge in [0.2, 0.25) is 5.91 Å². The molecule has 2 aromatic rings. The van der Waals surface area contributed by atoms with Gasteiger partial charge in [0.05, 0.1) is 12.4 Å². The molecule has 0 bridgehead atoms. The van der Waals surface area contributed by atoms with Crippen molar-refractivity contribution in [2.45, 2.75) is 25.0 Å². The van der Waals surface area contributed by atoms with E-state index in [2.05, 4.69) is 27.4 Å². The van der Waals surface area contributed by atoms with E-state index in [0.29, 0.717) is 18.9 Å². The van der Waals surface area contributed by atoms with Crippen molar-refractivity contribution in [2.24, 2.45) is 0 Å². The van der Waals surface area contributed by atoms with E-state index in [1.807, 2.05) is 16.7 Å². The van der Waals surface area contributed by atoms with Gasteiger partial charge in [-0.2, -0.15) is 0 Å². The fraction of sp³-hybridized carbons (Fsp3) is 0.467. The van der Waals surface area contributed by atoms with Gasteiger partial charge in [-0.15, -0.1) is 10.2 Å². The average Bonchev–Trinajstić information content (AvgIpc) is 2.97. The van der Waals surface area contributed by atoms with Crippen LogP contribution >= 0.6 is 11.8 Å².